The van der Waals surface area contributed by atoms with E-state index in [4.69, 9.17) is 9.84 Å². The summed E-state index contributed by atoms with van der Waals surface area (Å²) in [6, 6.07) is 6.65. The number of H-pyrrole nitrogens is 1. The Morgan fingerprint density at radius 2 is 2.05 bits per heavy atom. The Morgan fingerprint density at radius 3 is 2.70 bits per heavy atom. The smallest absolute Gasteiger partial charge is 0.342 e. The largest absolute Gasteiger partial charge is 0.492 e. The Kier molecular flexibility index (Phi) is 3.69. The number of benzene rings is 1. The second kappa shape index (κ2) is 5.43. The van der Waals surface area contributed by atoms with E-state index in [1.165, 1.54) is 0 Å². The normalized spacial score (nSPS) is 10.2. The minimum atomic E-state index is -1.41. The third-order valence-electron chi connectivity index (χ3n) is 2.60. The van der Waals surface area contributed by atoms with Gasteiger partial charge in [0.15, 0.2) is 0 Å². The van der Waals surface area contributed by atoms with Gasteiger partial charge in [-0.3, -0.25) is 14.3 Å². The SMILES string of the molecule is CCOc1ccccc1-n1cc(C(=O)O)c(=O)[nH]c1=O. The molecule has 20 heavy (non-hydrogen) atoms. The number of hydrogen-bond acceptors (Lipinski definition) is 4. The molecule has 2 rings (SSSR count). The first-order valence-corrected chi connectivity index (χ1v) is 5.86. The maximum atomic E-state index is 11.8. The number of nitrogens with one attached hydrogen (secondary N) is 1. The fourth-order valence-corrected chi connectivity index (χ4v) is 1.74. The maximum absolute atomic E-state index is 11.8. The van der Waals surface area contributed by atoms with Crippen LogP contribution in [0.1, 0.15) is 17.3 Å². The van der Waals surface area contributed by atoms with Gasteiger partial charge in [-0.25, -0.2) is 9.59 Å². The molecule has 1 aromatic heterocycles. The standard InChI is InChI=1S/C13H12N2O5/c1-2-20-10-6-4-3-5-9(10)15-7-8(12(17)18)11(16)14-13(15)19/h3-7H,2H2,1H3,(H,17,18)(H,14,16,19). The lowest BCUT2D eigenvalue weighted by Gasteiger charge is -2.11. The van der Waals surface area contributed by atoms with E-state index in [1.54, 1.807) is 31.2 Å². The molecule has 0 amide bonds. The van der Waals surface area contributed by atoms with E-state index in [2.05, 4.69) is 0 Å². The van der Waals surface area contributed by atoms with Crippen LogP contribution in [0.2, 0.25) is 0 Å². The third kappa shape index (κ3) is 2.46. The highest BCUT2D eigenvalue weighted by Gasteiger charge is 2.14. The number of rotatable bonds is 4. The number of nitrogens with zero attached hydrogens (tertiary/aromatic N) is 1. The fraction of sp³-hybridized carbons (Fsp3) is 0.154. The van der Waals surface area contributed by atoms with E-state index in [9.17, 15) is 14.4 Å². The van der Waals surface area contributed by atoms with Crippen molar-refractivity contribution < 1.29 is 14.6 Å². The van der Waals surface area contributed by atoms with Gasteiger partial charge in [-0.1, -0.05) is 12.1 Å². The van der Waals surface area contributed by atoms with Crippen molar-refractivity contribution in [3.8, 4) is 11.4 Å². The molecule has 0 fully saturated rings. The number of carboxylic acids is 1. The first-order chi connectivity index (χ1) is 9.54. The van der Waals surface area contributed by atoms with Crippen LogP contribution in [0.15, 0.2) is 40.1 Å². The lowest BCUT2D eigenvalue weighted by atomic mass is 10.2. The molecule has 104 valence electrons. The first-order valence-electron chi connectivity index (χ1n) is 5.86. The summed E-state index contributed by atoms with van der Waals surface area (Å²) in [6.45, 7) is 2.18. The van der Waals surface area contributed by atoms with Crippen LogP contribution in [-0.2, 0) is 0 Å². The van der Waals surface area contributed by atoms with Gasteiger partial charge in [0.2, 0.25) is 0 Å². The van der Waals surface area contributed by atoms with Crippen molar-refractivity contribution in [2.24, 2.45) is 0 Å². The van der Waals surface area contributed by atoms with Gasteiger partial charge in [-0.2, -0.15) is 0 Å². The average molecular weight is 276 g/mol. The van der Waals surface area contributed by atoms with Gasteiger partial charge in [0, 0.05) is 6.20 Å². The summed E-state index contributed by atoms with van der Waals surface area (Å²) >= 11 is 0. The minimum absolute atomic E-state index is 0.359. The fourth-order valence-electron chi connectivity index (χ4n) is 1.74. The van der Waals surface area contributed by atoms with Gasteiger partial charge >= 0.3 is 11.7 Å². The second-order valence-corrected chi connectivity index (χ2v) is 3.88. The van der Waals surface area contributed by atoms with Crippen LogP contribution in [0, 0.1) is 0 Å². The topological polar surface area (TPSA) is 101 Å². The quantitative estimate of drug-likeness (QED) is 0.852. The molecule has 7 heteroatoms. The average Bonchev–Trinajstić information content (AvgIpc) is 2.40. The van der Waals surface area contributed by atoms with Crippen LogP contribution in [0.5, 0.6) is 5.75 Å². The summed E-state index contributed by atoms with van der Waals surface area (Å²) < 4.78 is 6.42. The van der Waals surface area contributed by atoms with Crippen LogP contribution in [0.4, 0.5) is 0 Å². The molecular weight excluding hydrogens is 264 g/mol. The summed E-state index contributed by atoms with van der Waals surface area (Å²) in [4.78, 5) is 36.2. The summed E-state index contributed by atoms with van der Waals surface area (Å²) in [5, 5.41) is 8.93. The predicted octanol–water partition coefficient (Wildman–Crippen LogP) is 0.623. The number of carbonyl (C=O) groups is 1. The molecule has 0 unspecified atom stereocenters. The van der Waals surface area contributed by atoms with Gasteiger partial charge in [-0.05, 0) is 19.1 Å². The van der Waals surface area contributed by atoms with Gasteiger partial charge in [0.1, 0.15) is 11.3 Å². The van der Waals surface area contributed by atoms with Crippen LogP contribution in [-0.4, -0.2) is 27.2 Å². The van der Waals surface area contributed by atoms with E-state index in [0.717, 1.165) is 10.8 Å². The molecule has 0 bridgehead atoms. The van der Waals surface area contributed by atoms with E-state index < -0.39 is 22.8 Å². The molecule has 0 aliphatic carbocycles. The lowest BCUT2D eigenvalue weighted by molar-refractivity contribution is 0.0694. The Balaban J connectivity index is 2.70. The summed E-state index contributed by atoms with van der Waals surface area (Å²) in [5.41, 5.74) is -1.83. The number of ether oxygens (including phenoxy) is 1. The monoisotopic (exact) mass is 276 g/mol. The zero-order valence-electron chi connectivity index (χ0n) is 10.6. The number of aromatic nitrogens is 2. The van der Waals surface area contributed by atoms with E-state index in [0.29, 0.717) is 18.0 Å². The van der Waals surface area contributed by atoms with Crippen molar-refractivity contribution in [2.75, 3.05) is 6.61 Å². The van der Waals surface area contributed by atoms with Crippen molar-refractivity contribution in [3.05, 3.63) is 56.9 Å². The summed E-state index contributed by atoms with van der Waals surface area (Å²) in [5.74, 6) is -0.991. The second-order valence-electron chi connectivity index (χ2n) is 3.88. The van der Waals surface area contributed by atoms with Gasteiger partial charge in [0.05, 0.1) is 12.3 Å². The van der Waals surface area contributed by atoms with Crippen LogP contribution >= 0.6 is 0 Å². The van der Waals surface area contributed by atoms with E-state index >= 15 is 0 Å². The zero-order chi connectivity index (χ0) is 14.7. The number of para-hydroxylation sites is 2. The Bertz CT molecular complexity index is 760. The molecular formula is C13H12N2O5. The van der Waals surface area contributed by atoms with Crippen molar-refractivity contribution in [2.45, 2.75) is 6.92 Å². The first kappa shape index (κ1) is 13.6. The zero-order valence-corrected chi connectivity index (χ0v) is 10.6. The van der Waals surface area contributed by atoms with Crippen molar-refractivity contribution in [1.82, 2.24) is 9.55 Å². The number of hydrogen-bond donors (Lipinski definition) is 2. The number of aromatic carboxylic acids is 1. The maximum Gasteiger partial charge on any atom is 0.342 e. The Labute approximate surface area is 113 Å². The minimum Gasteiger partial charge on any atom is -0.492 e. The molecule has 0 aliphatic heterocycles. The van der Waals surface area contributed by atoms with Crippen LogP contribution in [0.3, 0.4) is 0 Å². The lowest BCUT2D eigenvalue weighted by Crippen LogP contribution is -2.32. The molecule has 1 heterocycles. The van der Waals surface area contributed by atoms with Crippen molar-refractivity contribution >= 4 is 5.97 Å². The van der Waals surface area contributed by atoms with Crippen LogP contribution < -0.4 is 16.0 Å². The molecule has 2 aromatic rings. The number of aromatic amines is 1. The van der Waals surface area contributed by atoms with Crippen molar-refractivity contribution in [3.63, 3.8) is 0 Å². The summed E-state index contributed by atoms with van der Waals surface area (Å²) in [6.07, 6.45) is 0.987. The van der Waals surface area contributed by atoms with Gasteiger partial charge in [0.25, 0.3) is 5.56 Å². The highest BCUT2D eigenvalue weighted by molar-refractivity contribution is 5.86. The highest BCUT2D eigenvalue weighted by atomic mass is 16.5. The van der Waals surface area contributed by atoms with E-state index in [1.807, 2.05) is 4.98 Å². The highest BCUT2D eigenvalue weighted by Crippen LogP contribution is 2.20. The molecule has 1 aromatic carbocycles. The molecule has 0 atom stereocenters. The molecule has 0 radical (unpaired) electrons. The third-order valence-corrected chi connectivity index (χ3v) is 2.60. The molecule has 0 spiro atoms. The molecule has 0 saturated heterocycles. The van der Waals surface area contributed by atoms with Crippen molar-refractivity contribution in [1.29, 1.82) is 0 Å². The molecule has 0 aliphatic rings. The van der Waals surface area contributed by atoms with Crippen LogP contribution in [0.25, 0.3) is 5.69 Å². The van der Waals surface area contributed by atoms with Gasteiger partial charge < -0.3 is 9.84 Å². The predicted molar refractivity (Wildman–Crippen MR) is 70.8 cm³/mol. The van der Waals surface area contributed by atoms with Gasteiger partial charge in [-0.15, -0.1) is 0 Å². The Hall–Kier alpha value is -2.83. The van der Waals surface area contributed by atoms with E-state index in [-0.39, 0.29) is 0 Å². The molecule has 2 N–H and O–H groups in total. The summed E-state index contributed by atoms with van der Waals surface area (Å²) in [7, 11) is 0. The molecule has 0 saturated carbocycles. The Morgan fingerprint density at radius 1 is 1.35 bits per heavy atom. The molecule has 7 nitrogen and oxygen atoms in total. The number of carboxylic acid groups (broad SMARTS) is 1.